The van der Waals surface area contributed by atoms with E-state index >= 15 is 0 Å². The number of carbonyl (C=O) groups excluding carboxylic acids is 1. The zero-order valence-electron chi connectivity index (χ0n) is 14.4. The highest BCUT2D eigenvalue weighted by atomic mass is 79.9. The number of pyridine rings is 1. The van der Waals surface area contributed by atoms with Gasteiger partial charge in [-0.15, -0.1) is 22.5 Å². The third kappa shape index (κ3) is 5.05. The van der Waals surface area contributed by atoms with E-state index in [1.54, 1.807) is 6.20 Å². The maximum absolute atomic E-state index is 12.3. The number of imidazole rings is 1. The molecular weight excluding hydrogens is 394 g/mol. The molecule has 6 heteroatoms. The number of amides is 1. The van der Waals surface area contributed by atoms with Crippen molar-refractivity contribution in [1.29, 1.82) is 0 Å². The van der Waals surface area contributed by atoms with Crippen molar-refractivity contribution in [1.82, 2.24) is 9.38 Å². The molecule has 0 aliphatic carbocycles. The first-order valence-corrected chi connectivity index (χ1v) is 11.3. The SMILES string of the molecule is Br.C[Si](C)(C)C#Cc1ccc2nc(C(=O)Nc3ccccc3)cn2c1. The summed E-state index contributed by atoms with van der Waals surface area (Å²) in [5.74, 6) is 3.00. The normalized spacial score (nSPS) is 10.5. The van der Waals surface area contributed by atoms with E-state index in [1.807, 2.05) is 53.1 Å². The molecule has 4 nitrogen and oxygen atoms in total. The lowest BCUT2D eigenvalue weighted by Crippen LogP contribution is -2.16. The molecular formula is C19H20BrN3OSi. The van der Waals surface area contributed by atoms with E-state index in [-0.39, 0.29) is 22.9 Å². The summed E-state index contributed by atoms with van der Waals surface area (Å²) in [6.07, 6.45) is 3.64. The standard InChI is InChI=1S/C19H19N3OSi.BrH/c1-24(2,3)12-11-15-9-10-18-21-17(14-22(18)13-15)19(23)20-16-7-5-4-6-8-16;/h4-10,13-14H,1-3H3,(H,20,23);1H. The van der Waals surface area contributed by atoms with Crippen LogP contribution in [0.4, 0.5) is 5.69 Å². The summed E-state index contributed by atoms with van der Waals surface area (Å²) in [7, 11) is -1.41. The summed E-state index contributed by atoms with van der Waals surface area (Å²) in [6, 6.07) is 13.2. The van der Waals surface area contributed by atoms with Crippen LogP contribution in [0.3, 0.4) is 0 Å². The molecule has 0 atom stereocenters. The van der Waals surface area contributed by atoms with Crippen molar-refractivity contribution in [2.24, 2.45) is 0 Å². The Balaban J connectivity index is 0.00000225. The molecule has 0 fully saturated rings. The molecule has 1 amide bonds. The second-order valence-corrected chi connectivity index (χ2v) is 11.4. The largest absolute Gasteiger partial charge is 0.321 e. The number of hydrogen-bond donors (Lipinski definition) is 1. The van der Waals surface area contributed by atoms with Crippen molar-refractivity contribution in [3.8, 4) is 11.5 Å². The van der Waals surface area contributed by atoms with Gasteiger partial charge in [0.25, 0.3) is 5.91 Å². The molecule has 1 aromatic carbocycles. The third-order valence-electron chi connectivity index (χ3n) is 3.30. The summed E-state index contributed by atoms with van der Waals surface area (Å²) in [5.41, 5.74) is 6.13. The molecule has 0 radical (unpaired) electrons. The Morgan fingerprint density at radius 1 is 1.08 bits per heavy atom. The van der Waals surface area contributed by atoms with Gasteiger partial charge in [-0.2, -0.15) is 0 Å². The van der Waals surface area contributed by atoms with Crippen LogP contribution in [-0.2, 0) is 0 Å². The van der Waals surface area contributed by atoms with E-state index in [4.69, 9.17) is 0 Å². The van der Waals surface area contributed by atoms with E-state index in [0.717, 1.165) is 16.9 Å². The smallest absolute Gasteiger partial charge is 0.275 e. The molecule has 0 spiro atoms. The van der Waals surface area contributed by atoms with E-state index in [9.17, 15) is 4.79 Å². The van der Waals surface area contributed by atoms with E-state index in [2.05, 4.69) is 41.4 Å². The minimum atomic E-state index is -1.41. The quantitative estimate of drug-likeness (QED) is 0.499. The number of nitrogens with zero attached hydrogens (tertiary/aromatic N) is 2. The Hall–Kier alpha value is -2.36. The van der Waals surface area contributed by atoms with Gasteiger partial charge >= 0.3 is 0 Å². The van der Waals surface area contributed by atoms with Crippen LogP contribution < -0.4 is 5.32 Å². The minimum absolute atomic E-state index is 0. The predicted octanol–water partition coefficient (Wildman–Crippen LogP) is 4.39. The lowest BCUT2D eigenvalue weighted by Gasteiger charge is -2.03. The summed E-state index contributed by atoms with van der Waals surface area (Å²) in [5, 5.41) is 2.84. The number of fused-ring (bicyclic) bond motifs is 1. The van der Waals surface area contributed by atoms with Crippen molar-refractivity contribution in [3.63, 3.8) is 0 Å². The lowest BCUT2D eigenvalue weighted by atomic mass is 10.3. The number of halogens is 1. The fourth-order valence-corrected chi connectivity index (χ4v) is 2.67. The lowest BCUT2D eigenvalue weighted by molar-refractivity contribution is 0.102. The van der Waals surface area contributed by atoms with Crippen molar-refractivity contribution in [2.45, 2.75) is 19.6 Å². The van der Waals surface area contributed by atoms with Crippen LogP contribution in [0.15, 0.2) is 54.9 Å². The fraction of sp³-hybridized carbons (Fsp3) is 0.158. The Bertz CT molecular complexity index is 949. The van der Waals surface area contributed by atoms with Crippen molar-refractivity contribution < 1.29 is 4.79 Å². The van der Waals surface area contributed by atoms with Crippen LogP contribution in [0.25, 0.3) is 5.65 Å². The topological polar surface area (TPSA) is 46.4 Å². The number of para-hydroxylation sites is 1. The number of anilines is 1. The maximum atomic E-state index is 12.3. The average Bonchev–Trinajstić information content (AvgIpc) is 2.96. The highest BCUT2D eigenvalue weighted by Crippen LogP contribution is 2.11. The highest BCUT2D eigenvalue weighted by Gasteiger charge is 2.11. The molecule has 3 rings (SSSR count). The Labute approximate surface area is 159 Å². The zero-order chi connectivity index (χ0) is 17.2. The van der Waals surface area contributed by atoms with Crippen LogP contribution in [0.2, 0.25) is 19.6 Å². The monoisotopic (exact) mass is 413 g/mol. The van der Waals surface area contributed by atoms with Crippen molar-refractivity contribution in [3.05, 3.63) is 66.1 Å². The third-order valence-corrected chi connectivity index (χ3v) is 4.17. The molecule has 0 aliphatic heterocycles. The summed E-state index contributed by atoms with van der Waals surface area (Å²) >= 11 is 0. The van der Waals surface area contributed by atoms with E-state index < -0.39 is 8.07 Å². The highest BCUT2D eigenvalue weighted by molar-refractivity contribution is 8.93. The molecule has 25 heavy (non-hydrogen) atoms. The van der Waals surface area contributed by atoms with Gasteiger partial charge in [-0.3, -0.25) is 4.79 Å². The Morgan fingerprint density at radius 2 is 1.80 bits per heavy atom. The number of hydrogen-bond acceptors (Lipinski definition) is 2. The van der Waals surface area contributed by atoms with Crippen molar-refractivity contribution in [2.75, 3.05) is 5.32 Å². The number of nitrogens with one attached hydrogen (secondary N) is 1. The van der Waals surface area contributed by atoms with Crippen LogP contribution in [-0.4, -0.2) is 23.4 Å². The van der Waals surface area contributed by atoms with Gasteiger partial charge in [0.05, 0.1) is 0 Å². The summed E-state index contributed by atoms with van der Waals surface area (Å²) in [4.78, 5) is 16.7. The molecule has 2 heterocycles. The van der Waals surface area contributed by atoms with Crippen LogP contribution in [0.5, 0.6) is 0 Å². The van der Waals surface area contributed by atoms with Crippen molar-refractivity contribution >= 4 is 42.3 Å². The molecule has 0 bridgehead atoms. The first-order valence-electron chi connectivity index (χ1n) is 7.79. The first kappa shape index (κ1) is 19.0. The van der Waals surface area contributed by atoms with Crippen LogP contribution in [0.1, 0.15) is 16.1 Å². The van der Waals surface area contributed by atoms with Gasteiger partial charge < -0.3 is 9.72 Å². The second kappa shape index (κ2) is 7.68. The molecule has 0 saturated carbocycles. The summed E-state index contributed by atoms with van der Waals surface area (Å²) < 4.78 is 1.84. The van der Waals surface area contributed by atoms with Gasteiger partial charge in [-0.05, 0) is 24.3 Å². The van der Waals surface area contributed by atoms with Crippen LogP contribution >= 0.6 is 17.0 Å². The maximum Gasteiger partial charge on any atom is 0.275 e. The predicted molar refractivity (Wildman–Crippen MR) is 110 cm³/mol. The molecule has 3 aromatic rings. The second-order valence-electron chi connectivity index (χ2n) is 6.63. The Kier molecular flexibility index (Phi) is 5.83. The molecule has 2 aromatic heterocycles. The molecule has 0 unspecified atom stereocenters. The fourth-order valence-electron chi connectivity index (χ4n) is 2.15. The van der Waals surface area contributed by atoms with Crippen LogP contribution in [0, 0.1) is 11.5 Å². The molecule has 0 saturated heterocycles. The summed E-state index contributed by atoms with van der Waals surface area (Å²) in [6.45, 7) is 6.63. The van der Waals surface area contributed by atoms with Gasteiger partial charge in [0.1, 0.15) is 19.4 Å². The number of benzene rings is 1. The van der Waals surface area contributed by atoms with Gasteiger partial charge in [-0.1, -0.05) is 43.8 Å². The molecule has 0 aliphatic rings. The number of carbonyl (C=O) groups is 1. The first-order chi connectivity index (χ1) is 11.4. The van der Waals surface area contributed by atoms with E-state index in [1.165, 1.54) is 0 Å². The number of rotatable bonds is 2. The molecule has 128 valence electrons. The number of aromatic nitrogens is 2. The van der Waals surface area contributed by atoms with Gasteiger partial charge in [-0.25, -0.2) is 4.98 Å². The minimum Gasteiger partial charge on any atom is -0.321 e. The zero-order valence-corrected chi connectivity index (χ0v) is 17.1. The van der Waals surface area contributed by atoms with E-state index in [0.29, 0.717) is 5.69 Å². The van der Waals surface area contributed by atoms with Gasteiger partial charge in [0.15, 0.2) is 0 Å². The average molecular weight is 414 g/mol. The Morgan fingerprint density at radius 3 is 2.48 bits per heavy atom. The molecule has 1 N–H and O–H groups in total. The van der Waals surface area contributed by atoms with Gasteiger partial charge in [0.2, 0.25) is 0 Å². The van der Waals surface area contributed by atoms with Gasteiger partial charge in [0, 0.05) is 23.6 Å².